The molecule has 1 atom stereocenters. The maximum atomic E-state index is 12.0. The Kier molecular flexibility index (Phi) is 6.83. The molecule has 0 aliphatic carbocycles. The molecule has 0 bridgehead atoms. The lowest BCUT2D eigenvalue weighted by atomic mass is 10.0. The van der Waals surface area contributed by atoms with E-state index in [4.69, 9.17) is 0 Å². The van der Waals surface area contributed by atoms with E-state index in [1.807, 2.05) is 0 Å². The van der Waals surface area contributed by atoms with Crippen LogP contribution in [0.25, 0.3) is 11.1 Å². The van der Waals surface area contributed by atoms with Gasteiger partial charge in [-0.15, -0.1) is 12.4 Å². The van der Waals surface area contributed by atoms with Crippen LogP contribution in [0.3, 0.4) is 0 Å². The molecule has 4 heteroatoms. The molecule has 3 nitrogen and oxygen atoms in total. The lowest BCUT2D eigenvalue weighted by Crippen LogP contribution is -2.31. The normalized spacial score (nSPS) is 16.5. The zero-order valence-electron chi connectivity index (χ0n) is 14.0. The number of nitrogens with one attached hydrogen (secondary N) is 2. The molecule has 2 aromatic carbocycles. The van der Waals surface area contributed by atoms with E-state index in [0.29, 0.717) is 19.0 Å². The lowest BCUT2D eigenvalue weighted by Gasteiger charge is -2.11. The molecule has 1 unspecified atom stereocenters. The van der Waals surface area contributed by atoms with Crippen LogP contribution in [0.4, 0.5) is 0 Å². The van der Waals surface area contributed by atoms with E-state index in [1.54, 1.807) is 0 Å². The Balaban J connectivity index is 0.00000208. The number of aryl methyl sites for hydroxylation is 1. The van der Waals surface area contributed by atoms with Crippen molar-refractivity contribution in [1.82, 2.24) is 10.6 Å². The summed E-state index contributed by atoms with van der Waals surface area (Å²) in [7, 11) is 0. The lowest BCUT2D eigenvalue weighted by molar-refractivity contribution is -0.121. The first-order valence-corrected chi connectivity index (χ1v) is 8.37. The third-order valence-corrected chi connectivity index (χ3v) is 4.36. The standard InChI is InChI=1S/C20H24N2O.ClH/c1-15-5-2-7-17(11-15)18-8-3-6-16(12-18)14-22-20(23)13-19-9-4-10-21-19;/h2-3,5-8,11-12,19,21H,4,9-10,13-14H2,1H3,(H,22,23);1H. The molecule has 128 valence electrons. The fraction of sp³-hybridized carbons (Fsp3) is 0.350. The van der Waals surface area contributed by atoms with Gasteiger partial charge < -0.3 is 10.6 Å². The number of hydrogen-bond acceptors (Lipinski definition) is 2. The van der Waals surface area contributed by atoms with Crippen molar-refractivity contribution in [1.29, 1.82) is 0 Å². The van der Waals surface area contributed by atoms with Crippen LogP contribution in [0.1, 0.15) is 30.4 Å². The molecule has 2 N–H and O–H groups in total. The van der Waals surface area contributed by atoms with Crippen molar-refractivity contribution >= 4 is 18.3 Å². The zero-order valence-corrected chi connectivity index (χ0v) is 14.9. The molecule has 1 heterocycles. The molecule has 1 saturated heterocycles. The van der Waals surface area contributed by atoms with E-state index in [0.717, 1.165) is 18.5 Å². The van der Waals surface area contributed by atoms with Gasteiger partial charge in [-0.1, -0.05) is 48.0 Å². The minimum Gasteiger partial charge on any atom is -0.352 e. The average molecular weight is 345 g/mol. The molecular formula is C20H25ClN2O. The van der Waals surface area contributed by atoms with Gasteiger partial charge in [0.1, 0.15) is 0 Å². The van der Waals surface area contributed by atoms with Crippen molar-refractivity contribution in [3.8, 4) is 11.1 Å². The SMILES string of the molecule is Cc1cccc(-c2cccc(CNC(=O)CC3CCCN3)c2)c1.Cl. The predicted octanol–water partition coefficient (Wildman–Crippen LogP) is 3.84. The maximum Gasteiger partial charge on any atom is 0.221 e. The monoisotopic (exact) mass is 344 g/mol. The minimum atomic E-state index is 0. The summed E-state index contributed by atoms with van der Waals surface area (Å²) in [6, 6.07) is 17.2. The first kappa shape index (κ1) is 18.5. The fourth-order valence-electron chi connectivity index (χ4n) is 3.11. The summed E-state index contributed by atoms with van der Waals surface area (Å²) < 4.78 is 0. The summed E-state index contributed by atoms with van der Waals surface area (Å²) in [5.74, 6) is 0.130. The van der Waals surface area contributed by atoms with E-state index in [-0.39, 0.29) is 18.3 Å². The fourth-order valence-corrected chi connectivity index (χ4v) is 3.11. The van der Waals surface area contributed by atoms with E-state index >= 15 is 0 Å². The van der Waals surface area contributed by atoms with Gasteiger partial charge in [0.15, 0.2) is 0 Å². The van der Waals surface area contributed by atoms with Gasteiger partial charge >= 0.3 is 0 Å². The highest BCUT2D eigenvalue weighted by atomic mass is 35.5. The van der Waals surface area contributed by atoms with E-state index < -0.39 is 0 Å². The van der Waals surface area contributed by atoms with Gasteiger partial charge in [-0.2, -0.15) is 0 Å². The molecule has 1 amide bonds. The first-order chi connectivity index (χ1) is 11.2. The third kappa shape index (κ3) is 5.08. The molecule has 0 saturated carbocycles. The van der Waals surface area contributed by atoms with Crippen LogP contribution in [-0.2, 0) is 11.3 Å². The molecule has 2 aromatic rings. The number of benzene rings is 2. The third-order valence-electron chi connectivity index (χ3n) is 4.36. The summed E-state index contributed by atoms with van der Waals surface area (Å²) in [5, 5.41) is 6.40. The van der Waals surface area contributed by atoms with Gasteiger partial charge in [0.25, 0.3) is 0 Å². The molecule has 3 rings (SSSR count). The second-order valence-corrected chi connectivity index (χ2v) is 6.34. The van der Waals surface area contributed by atoms with E-state index in [1.165, 1.54) is 23.1 Å². The number of halogens is 1. The first-order valence-electron chi connectivity index (χ1n) is 8.37. The van der Waals surface area contributed by atoms with Gasteiger partial charge in [0.2, 0.25) is 5.91 Å². The van der Waals surface area contributed by atoms with Crippen molar-refractivity contribution in [2.24, 2.45) is 0 Å². The molecule has 0 spiro atoms. The van der Waals surface area contributed by atoms with Crippen molar-refractivity contribution in [2.75, 3.05) is 6.54 Å². The molecular weight excluding hydrogens is 320 g/mol. The van der Waals surface area contributed by atoms with Crippen molar-refractivity contribution < 1.29 is 4.79 Å². The summed E-state index contributed by atoms with van der Waals surface area (Å²) >= 11 is 0. The smallest absolute Gasteiger partial charge is 0.221 e. The number of carbonyl (C=O) groups excluding carboxylic acids is 1. The predicted molar refractivity (Wildman–Crippen MR) is 101 cm³/mol. The number of carbonyl (C=O) groups is 1. The Morgan fingerprint density at radius 2 is 1.92 bits per heavy atom. The summed E-state index contributed by atoms with van der Waals surface area (Å²) in [5.41, 5.74) is 4.80. The number of hydrogen-bond donors (Lipinski definition) is 2. The Hall–Kier alpha value is -1.84. The van der Waals surface area contributed by atoms with Crippen LogP contribution in [-0.4, -0.2) is 18.5 Å². The van der Waals surface area contributed by atoms with E-state index in [9.17, 15) is 4.79 Å². The molecule has 0 radical (unpaired) electrons. The highest BCUT2D eigenvalue weighted by molar-refractivity contribution is 5.85. The molecule has 1 aliphatic heterocycles. The highest BCUT2D eigenvalue weighted by Gasteiger charge is 2.17. The summed E-state index contributed by atoms with van der Waals surface area (Å²) in [6.45, 7) is 3.73. The zero-order chi connectivity index (χ0) is 16.1. The number of amides is 1. The largest absolute Gasteiger partial charge is 0.352 e. The Bertz CT molecular complexity index is 681. The Morgan fingerprint density at radius 1 is 1.17 bits per heavy atom. The average Bonchev–Trinajstić information content (AvgIpc) is 3.06. The summed E-state index contributed by atoms with van der Waals surface area (Å²) in [4.78, 5) is 12.0. The van der Waals surface area contributed by atoms with Crippen LogP contribution < -0.4 is 10.6 Å². The van der Waals surface area contributed by atoms with Crippen molar-refractivity contribution in [3.63, 3.8) is 0 Å². The van der Waals surface area contributed by atoms with E-state index in [2.05, 4.69) is 66.1 Å². The van der Waals surface area contributed by atoms with Crippen LogP contribution in [0.5, 0.6) is 0 Å². The topological polar surface area (TPSA) is 41.1 Å². The molecule has 1 aliphatic rings. The molecule has 0 aromatic heterocycles. The molecule has 24 heavy (non-hydrogen) atoms. The van der Waals surface area contributed by atoms with Gasteiger partial charge in [-0.25, -0.2) is 0 Å². The number of rotatable bonds is 5. The van der Waals surface area contributed by atoms with Gasteiger partial charge in [0, 0.05) is 19.0 Å². The van der Waals surface area contributed by atoms with Crippen LogP contribution >= 0.6 is 12.4 Å². The van der Waals surface area contributed by atoms with Gasteiger partial charge in [-0.05, 0) is 49.1 Å². The minimum absolute atomic E-state index is 0. The quantitative estimate of drug-likeness (QED) is 0.865. The van der Waals surface area contributed by atoms with Gasteiger partial charge in [-0.3, -0.25) is 4.79 Å². The van der Waals surface area contributed by atoms with Crippen LogP contribution in [0.15, 0.2) is 48.5 Å². The van der Waals surface area contributed by atoms with Crippen molar-refractivity contribution in [3.05, 3.63) is 59.7 Å². The Labute approximate surface area is 150 Å². The highest BCUT2D eigenvalue weighted by Crippen LogP contribution is 2.21. The summed E-state index contributed by atoms with van der Waals surface area (Å²) in [6.07, 6.45) is 2.87. The van der Waals surface area contributed by atoms with Gasteiger partial charge in [0.05, 0.1) is 0 Å². The maximum absolute atomic E-state index is 12.0. The van der Waals surface area contributed by atoms with Crippen LogP contribution in [0, 0.1) is 6.92 Å². The molecule has 1 fully saturated rings. The van der Waals surface area contributed by atoms with Crippen molar-refractivity contribution in [2.45, 2.75) is 38.8 Å². The Morgan fingerprint density at radius 3 is 2.62 bits per heavy atom. The van der Waals surface area contributed by atoms with Crippen LogP contribution in [0.2, 0.25) is 0 Å². The second-order valence-electron chi connectivity index (χ2n) is 6.34. The second kappa shape index (κ2) is 8.86.